The molecule has 5 nitrogen and oxygen atoms in total. The summed E-state index contributed by atoms with van der Waals surface area (Å²) < 4.78 is 5.70. The van der Waals surface area contributed by atoms with Crippen LogP contribution in [-0.4, -0.2) is 35.4 Å². The molecule has 0 aliphatic heterocycles. The minimum absolute atomic E-state index is 0.0451. The number of halogens is 1. The maximum absolute atomic E-state index is 13.1. The van der Waals surface area contributed by atoms with Crippen LogP contribution in [0.2, 0.25) is 5.02 Å². The van der Waals surface area contributed by atoms with E-state index in [-0.39, 0.29) is 24.5 Å². The van der Waals surface area contributed by atoms with Crippen molar-refractivity contribution in [3.63, 3.8) is 0 Å². The molecule has 2 atom stereocenters. The average Bonchev–Trinajstić information content (AvgIpc) is 2.73. The van der Waals surface area contributed by atoms with E-state index in [0.29, 0.717) is 17.3 Å². The van der Waals surface area contributed by atoms with Crippen LogP contribution in [-0.2, 0) is 16.1 Å². The van der Waals surface area contributed by atoms with Gasteiger partial charge in [-0.25, -0.2) is 0 Å². The van der Waals surface area contributed by atoms with Gasteiger partial charge in [0, 0.05) is 17.6 Å². The molecule has 0 unspecified atom stereocenters. The summed E-state index contributed by atoms with van der Waals surface area (Å²) in [5.41, 5.74) is 2.94. The molecule has 0 heterocycles. The lowest BCUT2D eigenvalue weighted by atomic mass is 10.1. The predicted molar refractivity (Wildman–Crippen MR) is 121 cm³/mol. The Balaban J connectivity index is 2.18. The molecule has 6 heteroatoms. The fraction of sp³-hybridized carbons (Fsp3) is 0.417. The molecule has 0 aromatic heterocycles. The number of hydrogen-bond acceptors (Lipinski definition) is 3. The Kier molecular flexibility index (Phi) is 8.72. The van der Waals surface area contributed by atoms with E-state index in [0.717, 1.165) is 23.1 Å². The van der Waals surface area contributed by atoms with Crippen LogP contribution in [0.5, 0.6) is 5.75 Å². The van der Waals surface area contributed by atoms with Crippen molar-refractivity contribution in [2.45, 2.75) is 59.7 Å². The first kappa shape index (κ1) is 23.7. The first-order valence-electron chi connectivity index (χ1n) is 10.3. The number of hydrogen-bond donors (Lipinski definition) is 1. The van der Waals surface area contributed by atoms with E-state index < -0.39 is 6.04 Å². The van der Waals surface area contributed by atoms with Gasteiger partial charge in [-0.05, 0) is 69.0 Å². The Hall–Kier alpha value is -2.53. The summed E-state index contributed by atoms with van der Waals surface area (Å²) in [4.78, 5) is 27.4. The lowest BCUT2D eigenvalue weighted by Crippen LogP contribution is -2.50. The summed E-state index contributed by atoms with van der Waals surface area (Å²) in [6.07, 6.45) is 0.823. The molecule has 2 amide bonds. The second kappa shape index (κ2) is 11.0. The normalized spacial score (nSPS) is 12.7. The molecule has 162 valence electrons. The highest BCUT2D eigenvalue weighted by molar-refractivity contribution is 6.31. The standard InChI is InChI=1S/C24H31ClN2O3/c1-6-18(4)26-24(29)19(5)27(14-20-10-8-7-9-16(20)2)23(28)15-30-21-11-12-22(25)17(3)13-21/h7-13,18-19H,6,14-15H2,1-5H3,(H,26,29)/t18-,19+/m0/s1. The van der Waals surface area contributed by atoms with Gasteiger partial charge in [-0.15, -0.1) is 0 Å². The van der Waals surface area contributed by atoms with Gasteiger partial charge in [0.1, 0.15) is 11.8 Å². The number of nitrogens with one attached hydrogen (secondary N) is 1. The zero-order valence-electron chi connectivity index (χ0n) is 18.4. The third-order valence-corrected chi connectivity index (χ3v) is 5.69. The van der Waals surface area contributed by atoms with Crippen LogP contribution in [0.4, 0.5) is 0 Å². The molecule has 30 heavy (non-hydrogen) atoms. The lowest BCUT2D eigenvalue weighted by Gasteiger charge is -2.30. The fourth-order valence-corrected chi connectivity index (χ4v) is 3.07. The quantitative estimate of drug-likeness (QED) is 0.629. The minimum atomic E-state index is -0.623. The monoisotopic (exact) mass is 430 g/mol. The first-order valence-corrected chi connectivity index (χ1v) is 10.6. The SMILES string of the molecule is CC[C@H](C)NC(=O)[C@@H](C)N(Cc1ccccc1C)C(=O)COc1ccc(Cl)c(C)c1. The maximum atomic E-state index is 13.1. The summed E-state index contributed by atoms with van der Waals surface area (Å²) in [6.45, 7) is 9.76. The zero-order chi connectivity index (χ0) is 22.3. The number of rotatable bonds is 9. The summed E-state index contributed by atoms with van der Waals surface area (Å²) in [6, 6.07) is 12.5. The van der Waals surface area contributed by atoms with Gasteiger partial charge in [0.25, 0.3) is 5.91 Å². The topological polar surface area (TPSA) is 58.6 Å². The Morgan fingerprint density at radius 1 is 1.10 bits per heavy atom. The van der Waals surface area contributed by atoms with Crippen molar-refractivity contribution in [3.8, 4) is 5.75 Å². The molecule has 0 radical (unpaired) electrons. The molecule has 0 bridgehead atoms. The van der Waals surface area contributed by atoms with Crippen molar-refractivity contribution in [3.05, 3.63) is 64.2 Å². The van der Waals surface area contributed by atoms with Gasteiger partial charge in [0.2, 0.25) is 5.91 Å². The van der Waals surface area contributed by atoms with Crippen molar-refractivity contribution >= 4 is 23.4 Å². The van der Waals surface area contributed by atoms with Crippen molar-refractivity contribution in [1.82, 2.24) is 10.2 Å². The van der Waals surface area contributed by atoms with Crippen LogP contribution in [0.1, 0.15) is 43.9 Å². The third-order valence-electron chi connectivity index (χ3n) is 5.26. The number of amides is 2. The van der Waals surface area contributed by atoms with Crippen LogP contribution >= 0.6 is 11.6 Å². The molecular weight excluding hydrogens is 400 g/mol. The van der Waals surface area contributed by atoms with E-state index in [1.807, 2.05) is 52.0 Å². The van der Waals surface area contributed by atoms with Gasteiger partial charge in [-0.3, -0.25) is 9.59 Å². The largest absolute Gasteiger partial charge is 0.484 e. The molecule has 2 aromatic carbocycles. The van der Waals surface area contributed by atoms with E-state index >= 15 is 0 Å². The van der Waals surface area contributed by atoms with E-state index in [2.05, 4.69) is 5.32 Å². The van der Waals surface area contributed by atoms with Gasteiger partial charge in [0.15, 0.2) is 6.61 Å². The van der Waals surface area contributed by atoms with Crippen molar-refractivity contribution < 1.29 is 14.3 Å². The molecule has 0 saturated heterocycles. The molecule has 0 aliphatic rings. The second-order valence-corrected chi connectivity index (χ2v) is 8.05. The van der Waals surface area contributed by atoms with Gasteiger partial charge in [0.05, 0.1) is 0 Å². The third kappa shape index (κ3) is 6.49. The second-order valence-electron chi connectivity index (χ2n) is 7.64. The Bertz CT molecular complexity index is 885. The Morgan fingerprint density at radius 3 is 2.43 bits per heavy atom. The summed E-state index contributed by atoms with van der Waals surface area (Å²) in [5.74, 6) is 0.143. The van der Waals surface area contributed by atoms with Crippen LogP contribution in [0.25, 0.3) is 0 Å². The molecule has 2 rings (SSSR count). The molecule has 0 fully saturated rings. The minimum Gasteiger partial charge on any atom is -0.484 e. The maximum Gasteiger partial charge on any atom is 0.261 e. The Morgan fingerprint density at radius 2 is 1.80 bits per heavy atom. The molecule has 1 N–H and O–H groups in total. The first-order chi connectivity index (χ1) is 14.2. The number of carbonyl (C=O) groups excluding carboxylic acids is 2. The molecular formula is C24H31ClN2O3. The van der Waals surface area contributed by atoms with Gasteiger partial charge in [-0.1, -0.05) is 42.8 Å². The molecule has 0 aliphatic carbocycles. The van der Waals surface area contributed by atoms with Gasteiger partial charge < -0.3 is 15.0 Å². The van der Waals surface area contributed by atoms with Crippen molar-refractivity contribution in [1.29, 1.82) is 0 Å². The molecule has 0 spiro atoms. The summed E-state index contributed by atoms with van der Waals surface area (Å²) >= 11 is 6.05. The number of carbonyl (C=O) groups is 2. The highest BCUT2D eigenvalue weighted by atomic mass is 35.5. The van der Waals surface area contributed by atoms with Crippen molar-refractivity contribution in [2.75, 3.05) is 6.61 Å². The van der Waals surface area contributed by atoms with E-state index in [1.54, 1.807) is 30.0 Å². The number of ether oxygens (including phenoxy) is 1. The molecule has 0 saturated carbocycles. The summed E-state index contributed by atoms with van der Waals surface area (Å²) in [5, 5.41) is 3.61. The van der Waals surface area contributed by atoms with E-state index in [1.165, 1.54) is 0 Å². The smallest absolute Gasteiger partial charge is 0.261 e. The number of aryl methyl sites for hydroxylation is 2. The van der Waals surface area contributed by atoms with E-state index in [4.69, 9.17) is 16.3 Å². The van der Waals surface area contributed by atoms with Crippen LogP contribution in [0.15, 0.2) is 42.5 Å². The van der Waals surface area contributed by atoms with Crippen molar-refractivity contribution in [2.24, 2.45) is 0 Å². The molecule has 2 aromatic rings. The van der Waals surface area contributed by atoms with Gasteiger partial charge in [-0.2, -0.15) is 0 Å². The fourth-order valence-electron chi connectivity index (χ4n) is 2.95. The number of benzene rings is 2. The number of nitrogens with zero attached hydrogens (tertiary/aromatic N) is 1. The van der Waals surface area contributed by atoms with Gasteiger partial charge >= 0.3 is 0 Å². The highest BCUT2D eigenvalue weighted by Crippen LogP contribution is 2.21. The average molecular weight is 431 g/mol. The van der Waals surface area contributed by atoms with E-state index in [9.17, 15) is 9.59 Å². The van der Waals surface area contributed by atoms with Crippen LogP contribution in [0.3, 0.4) is 0 Å². The predicted octanol–water partition coefficient (Wildman–Crippen LogP) is 4.67. The lowest BCUT2D eigenvalue weighted by molar-refractivity contribution is -0.142. The van der Waals surface area contributed by atoms with Crippen LogP contribution < -0.4 is 10.1 Å². The summed E-state index contributed by atoms with van der Waals surface area (Å²) in [7, 11) is 0. The Labute approximate surface area is 184 Å². The highest BCUT2D eigenvalue weighted by Gasteiger charge is 2.27. The van der Waals surface area contributed by atoms with Crippen LogP contribution in [0, 0.1) is 13.8 Å². The zero-order valence-corrected chi connectivity index (χ0v) is 19.1.